The van der Waals surface area contributed by atoms with E-state index >= 15 is 0 Å². The van der Waals surface area contributed by atoms with Gasteiger partial charge in [-0.3, -0.25) is 4.79 Å². The predicted molar refractivity (Wildman–Crippen MR) is 123 cm³/mol. The van der Waals surface area contributed by atoms with Gasteiger partial charge >= 0.3 is 0 Å². The van der Waals surface area contributed by atoms with Crippen LogP contribution in [0.15, 0.2) is 48.5 Å². The Morgan fingerprint density at radius 2 is 1.77 bits per heavy atom. The monoisotopic (exact) mass is 418 g/mol. The largest absolute Gasteiger partial charge is 0.497 e. The van der Waals surface area contributed by atoms with Gasteiger partial charge in [-0.1, -0.05) is 12.1 Å². The van der Waals surface area contributed by atoms with Gasteiger partial charge in [-0.15, -0.1) is 0 Å². The molecular formula is C25H30N4O2. The maximum absolute atomic E-state index is 13.1. The van der Waals surface area contributed by atoms with Gasteiger partial charge in [0, 0.05) is 18.7 Å². The van der Waals surface area contributed by atoms with Gasteiger partial charge in [-0.25, -0.2) is 4.68 Å². The number of aryl methyl sites for hydroxylation is 2. The van der Waals surface area contributed by atoms with Crippen molar-refractivity contribution < 1.29 is 9.53 Å². The van der Waals surface area contributed by atoms with Crippen LogP contribution in [-0.4, -0.2) is 53.9 Å². The van der Waals surface area contributed by atoms with Crippen molar-refractivity contribution in [1.29, 1.82) is 0 Å². The van der Waals surface area contributed by atoms with Crippen LogP contribution in [0.25, 0.3) is 16.9 Å². The quantitative estimate of drug-likeness (QED) is 0.630. The molecule has 162 valence electrons. The van der Waals surface area contributed by atoms with E-state index in [1.165, 1.54) is 24.0 Å². The van der Waals surface area contributed by atoms with Crippen LogP contribution in [0.4, 0.5) is 0 Å². The van der Waals surface area contributed by atoms with E-state index in [0.29, 0.717) is 12.2 Å². The van der Waals surface area contributed by atoms with Crippen LogP contribution in [0.1, 0.15) is 34.5 Å². The summed E-state index contributed by atoms with van der Waals surface area (Å²) in [5.74, 6) is 0.652. The molecule has 2 aromatic carbocycles. The Labute approximate surface area is 183 Å². The first kappa shape index (κ1) is 21.1. The van der Waals surface area contributed by atoms with Gasteiger partial charge in [-0.2, -0.15) is 5.10 Å². The van der Waals surface area contributed by atoms with Gasteiger partial charge in [0.1, 0.15) is 11.4 Å². The topological polar surface area (TPSA) is 59.4 Å². The number of ether oxygens (including phenoxy) is 1. The van der Waals surface area contributed by atoms with Crippen molar-refractivity contribution in [1.82, 2.24) is 20.0 Å². The Hall–Kier alpha value is -3.12. The van der Waals surface area contributed by atoms with Gasteiger partial charge in [0.15, 0.2) is 0 Å². The van der Waals surface area contributed by atoms with E-state index in [2.05, 4.69) is 42.3 Å². The van der Waals surface area contributed by atoms with Gasteiger partial charge in [-0.05, 0) is 87.3 Å². The lowest BCUT2D eigenvalue weighted by molar-refractivity contribution is 0.0942. The first-order chi connectivity index (χ1) is 15.0. The maximum atomic E-state index is 13.1. The molecule has 1 aliphatic heterocycles. The lowest BCUT2D eigenvalue weighted by Gasteiger charge is -2.15. The minimum absolute atomic E-state index is 0.113. The van der Waals surface area contributed by atoms with Crippen molar-refractivity contribution in [3.8, 4) is 22.7 Å². The molecule has 1 aliphatic rings. The average molecular weight is 419 g/mol. The van der Waals surface area contributed by atoms with E-state index in [4.69, 9.17) is 9.84 Å². The molecule has 1 amide bonds. The van der Waals surface area contributed by atoms with Gasteiger partial charge in [0.2, 0.25) is 0 Å². The number of amides is 1. The fourth-order valence-electron chi connectivity index (χ4n) is 3.93. The smallest absolute Gasteiger partial charge is 0.270 e. The van der Waals surface area contributed by atoms with Crippen LogP contribution in [0, 0.1) is 13.8 Å². The molecule has 0 radical (unpaired) electrons. The highest BCUT2D eigenvalue weighted by atomic mass is 16.5. The Bertz CT molecular complexity index is 1050. The van der Waals surface area contributed by atoms with E-state index in [0.717, 1.165) is 42.3 Å². The van der Waals surface area contributed by atoms with Crippen molar-refractivity contribution >= 4 is 5.91 Å². The van der Waals surface area contributed by atoms with Crippen LogP contribution in [0.3, 0.4) is 0 Å². The number of nitrogens with one attached hydrogen (secondary N) is 1. The Kier molecular flexibility index (Phi) is 6.37. The summed E-state index contributed by atoms with van der Waals surface area (Å²) in [7, 11) is 1.64. The summed E-state index contributed by atoms with van der Waals surface area (Å²) in [6.45, 7) is 7.94. The minimum atomic E-state index is -0.113. The molecule has 6 heteroatoms. The Balaban J connectivity index is 1.62. The number of aromatic nitrogens is 2. The minimum Gasteiger partial charge on any atom is -0.497 e. The molecule has 1 aromatic heterocycles. The summed E-state index contributed by atoms with van der Waals surface area (Å²) in [6, 6.07) is 15.7. The summed E-state index contributed by atoms with van der Waals surface area (Å²) in [4.78, 5) is 15.5. The second-order valence-corrected chi connectivity index (χ2v) is 8.13. The third kappa shape index (κ3) is 4.80. The van der Waals surface area contributed by atoms with E-state index < -0.39 is 0 Å². The van der Waals surface area contributed by atoms with Gasteiger partial charge < -0.3 is 15.0 Å². The molecule has 0 bridgehead atoms. The number of hydrogen-bond donors (Lipinski definition) is 1. The van der Waals surface area contributed by atoms with Crippen molar-refractivity contribution in [2.75, 3.05) is 33.3 Å². The summed E-state index contributed by atoms with van der Waals surface area (Å²) in [6.07, 6.45) is 2.50. The lowest BCUT2D eigenvalue weighted by atomic mass is 10.0. The van der Waals surface area contributed by atoms with Crippen LogP contribution < -0.4 is 10.1 Å². The van der Waals surface area contributed by atoms with E-state index in [-0.39, 0.29) is 5.91 Å². The molecule has 0 spiro atoms. The zero-order valence-electron chi connectivity index (χ0n) is 18.5. The fourth-order valence-corrected chi connectivity index (χ4v) is 3.93. The second kappa shape index (κ2) is 9.35. The average Bonchev–Trinajstić information content (AvgIpc) is 3.46. The van der Waals surface area contributed by atoms with Crippen LogP contribution in [0.2, 0.25) is 0 Å². The zero-order chi connectivity index (χ0) is 21.8. The second-order valence-electron chi connectivity index (χ2n) is 8.13. The number of benzene rings is 2. The number of carbonyl (C=O) groups excluding carboxylic acids is 1. The number of rotatable bonds is 7. The van der Waals surface area contributed by atoms with Crippen molar-refractivity contribution in [2.45, 2.75) is 26.7 Å². The highest BCUT2D eigenvalue weighted by Gasteiger charge is 2.19. The highest BCUT2D eigenvalue weighted by molar-refractivity contribution is 5.94. The molecule has 0 unspecified atom stereocenters. The normalized spacial score (nSPS) is 14.0. The van der Waals surface area contributed by atoms with Crippen molar-refractivity contribution in [2.24, 2.45) is 0 Å². The highest BCUT2D eigenvalue weighted by Crippen LogP contribution is 2.25. The molecule has 1 fully saturated rings. The molecule has 2 heterocycles. The van der Waals surface area contributed by atoms with Crippen LogP contribution >= 0.6 is 0 Å². The van der Waals surface area contributed by atoms with Crippen LogP contribution in [0.5, 0.6) is 5.75 Å². The summed E-state index contributed by atoms with van der Waals surface area (Å²) >= 11 is 0. The third-order valence-electron chi connectivity index (χ3n) is 5.97. The van der Waals surface area contributed by atoms with Crippen molar-refractivity contribution in [3.05, 3.63) is 65.4 Å². The first-order valence-corrected chi connectivity index (χ1v) is 10.9. The predicted octanol–water partition coefficient (Wildman–Crippen LogP) is 3.99. The Morgan fingerprint density at radius 1 is 1.03 bits per heavy atom. The molecule has 1 N–H and O–H groups in total. The first-order valence-electron chi connectivity index (χ1n) is 10.9. The number of nitrogens with zero attached hydrogens (tertiary/aromatic N) is 3. The standard InChI is InChI=1S/C25H30N4O2/c1-18-6-7-20(16-19(18)2)23-17-24(25(30)26-12-15-28-13-4-5-14-28)29(27-23)21-8-10-22(31-3)11-9-21/h6-11,16-17H,4-5,12-15H2,1-3H3,(H,26,30). The molecule has 0 atom stereocenters. The number of hydrogen-bond acceptors (Lipinski definition) is 4. The van der Waals surface area contributed by atoms with Crippen LogP contribution in [-0.2, 0) is 0 Å². The van der Waals surface area contributed by atoms with Gasteiger partial charge in [0.05, 0.1) is 18.5 Å². The SMILES string of the molecule is COc1ccc(-n2nc(-c3ccc(C)c(C)c3)cc2C(=O)NCCN2CCCC2)cc1. The number of methoxy groups -OCH3 is 1. The molecule has 31 heavy (non-hydrogen) atoms. The van der Waals surface area contributed by atoms with Gasteiger partial charge in [0.25, 0.3) is 5.91 Å². The number of carbonyl (C=O) groups is 1. The molecular weight excluding hydrogens is 388 g/mol. The molecule has 4 rings (SSSR count). The lowest BCUT2D eigenvalue weighted by Crippen LogP contribution is -2.34. The molecule has 1 saturated heterocycles. The summed E-state index contributed by atoms with van der Waals surface area (Å²) in [5, 5.41) is 7.87. The fraction of sp³-hybridized carbons (Fsp3) is 0.360. The Morgan fingerprint density at radius 3 is 2.45 bits per heavy atom. The molecule has 0 aliphatic carbocycles. The van der Waals surface area contributed by atoms with E-state index in [1.807, 2.05) is 30.3 Å². The molecule has 3 aromatic rings. The zero-order valence-corrected chi connectivity index (χ0v) is 18.5. The number of likely N-dealkylation sites (tertiary alicyclic amines) is 1. The third-order valence-corrected chi connectivity index (χ3v) is 5.97. The van der Waals surface area contributed by atoms with Crippen molar-refractivity contribution in [3.63, 3.8) is 0 Å². The molecule has 0 saturated carbocycles. The maximum Gasteiger partial charge on any atom is 0.270 e. The summed E-state index contributed by atoms with van der Waals surface area (Å²) in [5.41, 5.74) is 5.57. The summed E-state index contributed by atoms with van der Waals surface area (Å²) < 4.78 is 6.99. The van der Waals surface area contributed by atoms with E-state index in [9.17, 15) is 4.79 Å². The molecule has 6 nitrogen and oxygen atoms in total. The van der Waals surface area contributed by atoms with E-state index in [1.54, 1.807) is 11.8 Å².